The molecule has 0 atom stereocenters. The first kappa shape index (κ1) is 26.6. The molecule has 8 heteroatoms. The lowest BCUT2D eigenvalue weighted by molar-refractivity contribution is -0.138. The Labute approximate surface area is 228 Å². The van der Waals surface area contributed by atoms with Crippen molar-refractivity contribution in [2.75, 3.05) is 13.7 Å². The number of para-hydroxylation sites is 1. The van der Waals surface area contributed by atoms with Gasteiger partial charge in [0.2, 0.25) is 0 Å². The van der Waals surface area contributed by atoms with Gasteiger partial charge in [0.25, 0.3) is 0 Å². The quantitative estimate of drug-likeness (QED) is 0.278. The van der Waals surface area contributed by atoms with Crippen LogP contribution in [-0.4, -0.2) is 29.8 Å². The summed E-state index contributed by atoms with van der Waals surface area (Å²) in [5, 5.41) is 11.3. The summed E-state index contributed by atoms with van der Waals surface area (Å²) in [5.74, 6) is 0.309. The van der Waals surface area contributed by atoms with Gasteiger partial charge in [-0.25, -0.2) is 9.79 Å². The number of nitrogens with zero attached hydrogens (tertiary/aromatic N) is 1. The molecule has 0 saturated heterocycles. The van der Waals surface area contributed by atoms with Crippen molar-refractivity contribution in [3.63, 3.8) is 0 Å². The first-order valence-electron chi connectivity index (χ1n) is 11.6. The monoisotopic (exact) mass is 579 g/mol. The molecule has 190 valence electrons. The maximum atomic E-state index is 12.7. The predicted octanol–water partition coefficient (Wildman–Crippen LogP) is 7.54. The number of aryl methyl sites for hydroxylation is 1. The van der Waals surface area contributed by atoms with E-state index in [1.807, 2.05) is 73.7 Å². The van der Waals surface area contributed by atoms with Gasteiger partial charge in [-0.3, -0.25) is 0 Å². The van der Waals surface area contributed by atoms with Crippen LogP contribution in [0.5, 0.6) is 11.5 Å². The normalized spacial score (nSPS) is 15.4. The molecular formula is C29H26BrNO5S. The van der Waals surface area contributed by atoms with E-state index in [0.29, 0.717) is 38.2 Å². The van der Waals surface area contributed by atoms with Crippen molar-refractivity contribution >= 4 is 50.5 Å². The van der Waals surface area contributed by atoms with Crippen LogP contribution in [0.2, 0.25) is 0 Å². The van der Waals surface area contributed by atoms with Gasteiger partial charge in [0, 0.05) is 0 Å². The summed E-state index contributed by atoms with van der Waals surface area (Å²) in [6, 6.07) is 21.1. The highest BCUT2D eigenvalue weighted by Gasteiger charge is 2.33. The molecule has 0 bridgehead atoms. The van der Waals surface area contributed by atoms with E-state index in [1.54, 1.807) is 20.1 Å². The van der Waals surface area contributed by atoms with E-state index in [1.165, 1.54) is 17.3 Å². The number of carbonyl (C=O) groups is 1. The predicted molar refractivity (Wildman–Crippen MR) is 152 cm³/mol. The van der Waals surface area contributed by atoms with E-state index < -0.39 is 5.97 Å². The summed E-state index contributed by atoms with van der Waals surface area (Å²) >= 11 is 4.79. The molecule has 37 heavy (non-hydrogen) atoms. The number of aliphatic hydroxyl groups is 1. The molecule has 0 amide bonds. The number of aliphatic hydroxyl groups excluding tert-OH is 1. The Hall–Kier alpha value is -3.49. The van der Waals surface area contributed by atoms with E-state index in [4.69, 9.17) is 14.2 Å². The first-order chi connectivity index (χ1) is 17.9. The van der Waals surface area contributed by atoms with Crippen molar-refractivity contribution in [1.82, 2.24) is 0 Å². The lowest BCUT2D eigenvalue weighted by atomic mass is 10.1. The van der Waals surface area contributed by atoms with Gasteiger partial charge in [-0.1, -0.05) is 59.8 Å². The minimum absolute atomic E-state index is 0.0473. The van der Waals surface area contributed by atoms with Crippen LogP contribution in [0.3, 0.4) is 0 Å². The molecule has 3 aromatic rings. The van der Waals surface area contributed by atoms with Crippen molar-refractivity contribution in [3.8, 4) is 11.5 Å². The highest BCUT2D eigenvalue weighted by atomic mass is 79.9. The molecule has 1 N–H and O–H groups in total. The minimum atomic E-state index is -0.621. The third-order valence-corrected chi connectivity index (χ3v) is 7.02. The Balaban J connectivity index is 1.65. The Kier molecular flexibility index (Phi) is 8.74. The summed E-state index contributed by atoms with van der Waals surface area (Å²) < 4.78 is 17.5. The zero-order valence-corrected chi connectivity index (χ0v) is 23.1. The van der Waals surface area contributed by atoms with Crippen molar-refractivity contribution in [3.05, 3.63) is 104 Å². The van der Waals surface area contributed by atoms with Crippen molar-refractivity contribution in [2.45, 2.75) is 20.5 Å². The fourth-order valence-electron chi connectivity index (χ4n) is 3.57. The van der Waals surface area contributed by atoms with Crippen LogP contribution in [0.4, 0.5) is 5.69 Å². The van der Waals surface area contributed by atoms with Gasteiger partial charge < -0.3 is 19.3 Å². The molecule has 6 nitrogen and oxygen atoms in total. The fraction of sp³-hybridized carbons (Fsp3) is 0.172. The smallest absolute Gasteiger partial charge is 0.344 e. The SMILES string of the molecule is CCOC(=O)C1=C(O)/C(=C/c2cc(Br)c(OCc3ccc(C)cc3)c(OC)c2)SC1=Nc1ccccc1. The molecule has 0 aliphatic carbocycles. The molecule has 3 aromatic carbocycles. The zero-order valence-electron chi connectivity index (χ0n) is 20.7. The van der Waals surface area contributed by atoms with E-state index in [-0.39, 0.29) is 17.9 Å². The summed E-state index contributed by atoms with van der Waals surface area (Å²) in [6.07, 6.45) is 1.77. The van der Waals surface area contributed by atoms with Gasteiger partial charge in [0.15, 0.2) is 11.5 Å². The Bertz CT molecular complexity index is 1380. The van der Waals surface area contributed by atoms with E-state index in [2.05, 4.69) is 20.9 Å². The standard InChI is InChI=1S/C29H26BrNO5S/c1-4-35-29(33)25-26(32)24(37-28(25)31-21-8-6-5-7-9-21)16-20-14-22(30)27(23(15-20)34-3)36-17-19-12-10-18(2)11-13-19/h5-16,32H,4,17H2,1-3H3/b24-16-,31-28?. The Morgan fingerprint density at radius 1 is 1.11 bits per heavy atom. The molecule has 1 aliphatic rings. The van der Waals surface area contributed by atoms with Crippen LogP contribution in [0.1, 0.15) is 23.6 Å². The molecule has 0 spiro atoms. The number of hydrogen-bond donors (Lipinski definition) is 1. The number of thioether (sulfide) groups is 1. The highest BCUT2D eigenvalue weighted by Crippen LogP contribution is 2.42. The number of halogens is 1. The minimum Gasteiger partial charge on any atom is -0.506 e. The summed E-state index contributed by atoms with van der Waals surface area (Å²) in [4.78, 5) is 17.7. The molecular weight excluding hydrogens is 554 g/mol. The first-order valence-corrected chi connectivity index (χ1v) is 13.2. The number of hydrogen-bond acceptors (Lipinski definition) is 7. The van der Waals surface area contributed by atoms with Gasteiger partial charge in [-0.2, -0.15) is 0 Å². The maximum Gasteiger partial charge on any atom is 0.344 e. The molecule has 4 rings (SSSR count). The average Bonchev–Trinajstić information content (AvgIpc) is 3.19. The number of aliphatic imine (C=N–C) groups is 1. The van der Waals surface area contributed by atoms with Gasteiger partial charge in [-0.15, -0.1) is 0 Å². The Morgan fingerprint density at radius 3 is 2.51 bits per heavy atom. The number of rotatable bonds is 8. The summed E-state index contributed by atoms with van der Waals surface area (Å²) in [5.41, 5.74) is 3.68. The van der Waals surface area contributed by atoms with Gasteiger partial charge in [0.05, 0.1) is 28.8 Å². The maximum absolute atomic E-state index is 12.7. The Morgan fingerprint density at radius 2 is 1.84 bits per heavy atom. The number of benzene rings is 3. The lowest BCUT2D eigenvalue weighted by Gasteiger charge is -2.14. The molecule has 0 saturated carbocycles. The second-order valence-electron chi connectivity index (χ2n) is 8.12. The zero-order chi connectivity index (χ0) is 26.4. The van der Waals surface area contributed by atoms with Crippen LogP contribution < -0.4 is 9.47 Å². The molecule has 0 fully saturated rings. The summed E-state index contributed by atoms with van der Waals surface area (Å²) in [6.45, 7) is 4.33. The molecule has 0 radical (unpaired) electrons. The third-order valence-electron chi connectivity index (χ3n) is 5.41. The molecule has 1 heterocycles. The average molecular weight is 581 g/mol. The lowest BCUT2D eigenvalue weighted by Crippen LogP contribution is -2.12. The summed E-state index contributed by atoms with van der Waals surface area (Å²) in [7, 11) is 1.57. The van der Waals surface area contributed by atoms with Crippen LogP contribution in [0.15, 0.2) is 92.4 Å². The van der Waals surface area contributed by atoms with Gasteiger partial charge in [0.1, 0.15) is 23.0 Å². The number of carbonyl (C=O) groups excluding carboxylic acids is 1. The van der Waals surface area contributed by atoms with E-state index >= 15 is 0 Å². The molecule has 0 aromatic heterocycles. The third kappa shape index (κ3) is 6.45. The van der Waals surface area contributed by atoms with Crippen molar-refractivity contribution < 1.29 is 24.1 Å². The van der Waals surface area contributed by atoms with Crippen LogP contribution in [0, 0.1) is 6.92 Å². The van der Waals surface area contributed by atoms with Crippen LogP contribution in [-0.2, 0) is 16.1 Å². The van der Waals surface area contributed by atoms with Crippen LogP contribution in [0.25, 0.3) is 6.08 Å². The second-order valence-corrected chi connectivity index (χ2v) is 10.0. The second kappa shape index (κ2) is 12.2. The van der Waals surface area contributed by atoms with Gasteiger partial charge >= 0.3 is 5.97 Å². The van der Waals surface area contributed by atoms with Crippen LogP contribution >= 0.6 is 27.7 Å². The van der Waals surface area contributed by atoms with Crippen molar-refractivity contribution in [2.24, 2.45) is 4.99 Å². The van der Waals surface area contributed by atoms with Crippen molar-refractivity contribution in [1.29, 1.82) is 0 Å². The number of esters is 1. The molecule has 0 unspecified atom stereocenters. The largest absolute Gasteiger partial charge is 0.506 e. The molecule has 1 aliphatic heterocycles. The number of methoxy groups -OCH3 is 1. The van der Waals surface area contributed by atoms with E-state index in [9.17, 15) is 9.90 Å². The van der Waals surface area contributed by atoms with E-state index in [0.717, 1.165) is 11.1 Å². The topological polar surface area (TPSA) is 77.4 Å². The fourth-order valence-corrected chi connectivity index (χ4v) is 5.18. The van der Waals surface area contributed by atoms with Gasteiger partial charge in [-0.05, 0) is 71.2 Å². The number of ether oxygens (including phenoxy) is 3. The highest BCUT2D eigenvalue weighted by molar-refractivity contribution is 9.10.